The zero-order valence-corrected chi connectivity index (χ0v) is 16.3. The molecule has 1 aliphatic heterocycles. The van der Waals surface area contributed by atoms with E-state index in [1.165, 1.54) is 0 Å². The molecule has 0 aliphatic carbocycles. The van der Waals surface area contributed by atoms with Crippen LogP contribution in [-0.2, 0) is 14.4 Å². The van der Waals surface area contributed by atoms with Gasteiger partial charge < -0.3 is 15.3 Å². The summed E-state index contributed by atoms with van der Waals surface area (Å²) in [5.41, 5.74) is 1.79. The molecule has 8 nitrogen and oxygen atoms in total. The molecule has 2 amide bonds. The quantitative estimate of drug-likeness (QED) is 0.559. The van der Waals surface area contributed by atoms with Crippen LogP contribution in [0.2, 0.25) is 0 Å². The van der Waals surface area contributed by atoms with Gasteiger partial charge in [0.15, 0.2) is 4.34 Å². The average Bonchev–Trinajstić information content (AvgIpc) is 3.22. The Hall–Kier alpha value is -2.46. The van der Waals surface area contributed by atoms with Gasteiger partial charge in [-0.3, -0.25) is 14.4 Å². The largest absolute Gasteiger partial charge is 0.480 e. The normalized spacial score (nSPS) is 17.8. The fourth-order valence-corrected chi connectivity index (χ4v) is 4.53. The third kappa shape index (κ3) is 4.45. The number of carboxylic acids is 1. The van der Waals surface area contributed by atoms with E-state index in [1.54, 1.807) is 11.8 Å². The van der Waals surface area contributed by atoms with Gasteiger partial charge in [-0.15, -0.1) is 10.2 Å². The molecule has 142 valence electrons. The van der Waals surface area contributed by atoms with Crippen LogP contribution in [-0.4, -0.2) is 44.9 Å². The number of aromatic nitrogens is 2. The van der Waals surface area contributed by atoms with Crippen molar-refractivity contribution in [1.82, 2.24) is 10.2 Å². The van der Waals surface area contributed by atoms with E-state index < -0.39 is 17.1 Å². The second kappa shape index (κ2) is 8.05. The topological polar surface area (TPSA) is 112 Å². The number of thioether (sulfide) groups is 1. The number of rotatable bonds is 6. The number of para-hydroxylation sites is 1. The Morgan fingerprint density at radius 2 is 2.11 bits per heavy atom. The summed E-state index contributed by atoms with van der Waals surface area (Å²) in [6.45, 7) is 3.79. The highest BCUT2D eigenvalue weighted by atomic mass is 32.2. The molecule has 0 radical (unpaired) electrons. The van der Waals surface area contributed by atoms with Crippen molar-refractivity contribution in [2.24, 2.45) is 5.92 Å². The SMILES string of the molecule is Cc1ccccc1N1C[C@H](C(=O)Nc2nnc(S[C@H](C)C(=O)O)s2)CC1=O. The van der Waals surface area contributed by atoms with Gasteiger partial charge in [-0.1, -0.05) is 41.3 Å². The molecule has 0 saturated carbocycles. The van der Waals surface area contributed by atoms with Crippen LogP contribution in [0, 0.1) is 12.8 Å². The maximum Gasteiger partial charge on any atom is 0.316 e. The van der Waals surface area contributed by atoms with Gasteiger partial charge in [0.05, 0.1) is 5.92 Å². The lowest BCUT2D eigenvalue weighted by Crippen LogP contribution is -2.28. The van der Waals surface area contributed by atoms with Gasteiger partial charge >= 0.3 is 5.97 Å². The molecule has 10 heteroatoms. The first-order valence-electron chi connectivity index (χ1n) is 8.25. The summed E-state index contributed by atoms with van der Waals surface area (Å²) in [5, 5.41) is 19.0. The molecule has 2 heterocycles. The number of nitrogens with zero attached hydrogens (tertiary/aromatic N) is 3. The number of amides is 2. The van der Waals surface area contributed by atoms with Gasteiger partial charge in [-0.05, 0) is 25.5 Å². The summed E-state index contributed by atoms with van der Waals surface area (Å²) >= 11 is 2.18. The number of carboxylic acid groups (broad SMARTS) is 1. The highest BCUT2D eigenvalue weighted by Crippen LogP contribution is 2.31. The molecule has 0 unspecified atom stereocenters. The second-order valence-corrected chi connectivity index (χ2v) is 8.72. The first-order valence-corrected chi connectivity index (χ1v) is 9.94. The van der Waals surface area contributed by atoms with E-state index >= 15 is 0 Å². The summed E-state index contributed by atoms with van der Waals surface area (Å²) in [7, 11) is 0. The van der Waals surface area contributed by atoms with Crippen LogP contribution in [0.4, 0.5) is 10.8 Å². The number of benzene rings is 1. The molecule has 27 heavy (non-hydrogen) atoms. The number of hydrogen-bond donors (Lipinski definition) is 2. The maximum atomic E-state index is 12.5. The van der Waals surface area contributed by atoms with Gasteiger partial charge in [0.25, 0.3) is 0 Å². The van der Waals surface area contributed by atoms with Crippen molar-refractivity contribution in [3.63, 3.8) is 0 Å². The van der Waals surface area contributed by atoms with E-state index in [-0.39, 0.29) is 18.2 Å². The fourth-order valence-electron chi connectivity index (χ4n) is 2.70. The van der Waals surface area contributed by atoms with E-state index in [0.717, 1.165) is 34.3 Å². The Balaban J connectivity index is 1.62. The lowest BCUT2D eigenvalue weighted by Gasteiger charge is -2.18. The van der Waals surface area contributed by atoms with E-state index in [9.17, 15) is 14.4 Å². The number of carbonyl (C=O) groups is 3. The van der Waals surface area contributed by atoms with Crippen LogP contribution in [0.15, 0.2) is 28.6 Å². The Kier molecular flexibility index (Phi) is 5.76. The van der Waals surface area contributed by atoms with Crippen molar-refractivity contribution in [2.45, 2.75) is 29.9 Å². The van der Waals surface area contributed by atoms with E-state index in [2.05, 4.69) is 15.5 Å². The van der Waals surface area contributed by atoms with E-state index in [1.807, 2.05) is 31.2 Å². The van der Waals surface area contributed by atoms with Gasteiger partial charge in [0.2, 0.25) is 16.9 Å². The van der Waals surface area contributed by atoms with Gasteiger partial charge in [-0.2, -0.15) is 0 Å². The van der Waals surface area contributed by atoms with Crippen molar-refractivity contribution < 1.29 is 19.5 Å². The number of nitrogens with one attached hydrogen (secondary N) is 1. The van der Waals surface area contributed by atoms with Crippen molar-refractivity contribution >= 4 is 51.7 Å². The molecule has 1 aromatic carbocycles. The molecule has 2 N–H and O–H groups in total. The summed E-state index contributed by atoms with van der Waals surface area (Å²) in [5.74, 6) is -1.80. The minimum Gasteiger partial charge on any atom is -0.480 e. The van der Waals surface area contributed by atoms with Crippen molar-refractivity contribution in [3.05, 3.63) is 29.8 Å². The van der Waals surface area contributed by atoms with Crippen molar-refractivity contribution in [2.75, 3.05) is 16.8 Å². The van der Waals surface area contributed by atoms with Crippen molar-refractivity contribution in [1.29, 1.82) is 0 Å². The third-order valence-electron chi connectivity index (χ3n) is 4.16. The number of anilines is 2. The zero-order valence-electron chi connectivity index (χ0n) is 14.7. The van der Waals surface area contributed by atoms with Gasteiger partial charge in [-0.25, -0.2) is 0 Å². The third-order valence-corrected chi connectivity index (χ3v) is 6.17. The predicted octanol–water partition coefficient (Wildman–Crippen LogP) is 2.40. The number of aliphatic carboxylic acids is 1. The van der Waals surface area contributed by atoms with Gasteiger partial charge in [0, 0.05) is 18.7 Å². The summed E-state index contributed by atoms with van der Waals surface area (Å²) in [6, 6.07) is 7.56. The molecule has 1 fully saturated rings. The summed E-state index contributed by atoms with van der Waals surface area (Å²) in [6.07, 6.45) is 0.136. The molecular weight excluding hydrogens is 388 g/mol. The maximum absolute atomic E-state index is 12.5. The monoisotopic (exact) mass is 406 g/mol. The molecule has 0 bridgehead atoms. The average molecular weight is 406 g/mol. The van der Waals surface area contributed by atoms with E-state index in [0.29, 0.717) is 16.0 Å². The molecule has 1 aliphatic rings. The van der Waals surface area contributed by atoms with Crippen LogP contribution >= 0.6 is 23.1 Å². The Labute approximate surface area is 164 Å². The van der Waals surface area contributed by atoms with E-state index in [4.69, 9.17) is 5.11 Å². The van der Waals surface area contributed by atoms with Crippen molar-refractivity contribution in [3.8, 4) is 0 Å². The Morgan fingerprint density at radius 3 is 2.81 bits per heavy atom. The highest BCUT2D eigenvalue weighted by molar-refractivity contribution is 8.02. The molecule has 1 aromatic heterocycles. The smallest absolute Gasteiger partial charge is 0.316 e. The minimum atomic E-state index is -0.943. The Bertz CT molecular complexity index is 885. The number of aryl methyl sites for hydroxylation is 1. The summed E-state index contributed by atoms with van der Waals surface area (Å²) in [4.78, 5) is 37.4. The lowest BCUT2D eigenvalue weighted by molar-refractivity contribution is -0.136. The van der Waals surface area contributed by atoms with Gasteiger partial charge in [0.1, 0.15) is 5.25 Å². The molecule has 3 rings (SSSR count). The second-order valence-electron chi connectivity index (χ2n) is 6.15. The fraction of sp³-hybridized carbons (Fsp3) is 0.353. The van der Waals surface area contributed by atoms with Crippen LogP contribution in [0.25, 0.3) is 0 Å². The summed E-state index contributed by atoms with van der Waals surface area (Å²) < 4.78 is 0.462. The predicted molar refractivity (Wildman–Crippen MR) is 103 cm³/mol. The highest BCUT2D eigenvalue weighted by Gasteiger charge is 2.36. The van der Waals surface area contributed by atoms with Crippen LogP contribution in [0.1, 0.15) is 18.9 Å². The minimum absolute atomic E-state index is 0.0896. The molecule has 0 spiro atoms. The van der Waals surface area contributed by atoms with Crippen LogP contribution in [0.5, 0.6) is 0 Å². The molecule has 2 atom stereocenters. The zero-order chi connectivity index (χ0) is 19.6. The molecular formula is C17H18N4O4S2. The first-order chi connectivity index (χ1) is 12.8. The molecule has 1 saturated heterocycles. The molecule has 2 aromatic rings. The first kappa shape index (κ1) is 19.3. The standard InChI is InChI=1S/C17H18N4O4S2/c1-9-5-3-4-6-12(9)21-8-11(7-13(21)22)14(23)18-16-19-20-17(27-16)26-10(2)15(24)25/h3-6,10-11H,7-8H2,1-2H3,(H,24,25)(H,18,19,23)/t10-,11-/m1/s1. The lowest BCUT2D eigenvalue weighted by atomic mass is 10.1. The van der Waals surface area contributed by atoms with Crippen LogP contribution in [0.3, 0.4) is 0 Å². The Morgan fingerprint density at radius 1 is 1.37 bits per heavy atom. The number of carbonyl (C=O) groups excluding carboxylic acids is 2. The number of hydrogen-bond acceptors (Lipinski definition) is 7. The van der Waals surface area contributed by atoms with Crippen LogP contribution < -0.4 is 10.2 Å².